The third-order valence-corrected chi connectivity index (χ3v) is 4.65. The van der Waals surface area contributed by atoms with E-state index in [2.05, 4.69) is 15.4 Å². The summed E-state index contributed by atoms with van der Waals surface area (Å²) < 4.78 is 24.0. The van der Waals surface area contributed by atoms with E-state index < -0.39 is 0 Å². The van der Waals surface area contributed by atoms with Gasteiger partial charge in [-0.3, -0.25) is 4.79 Å². The first-order chi connectivity index (χ1) is 13.6. The molecule has 1 fully saturated rings. The molecule has 6 nitrogen and oxygen atoms in total. The van der Waals surface area contributed by atoms with E-state index in [1.807, 2.05) is 12.1 Å². The smallest absolute Gasteiger partial charge is 0.244 e. The molecule has 2 aromatic rings. The molecule has 0 aromatic heterocycles. The molecule has 3 rings (SSSR count). The monoisotopic (exact) mass is 385 g/mol. The first-order valence-electron chi connectivity index (χ1n) is 9.18. The van der Waals surface area contributed by atoms with Crippen LogP contribution in [0.2, 0.25) is 0 Å². The van der Waals surface area contributed by atoms with Crippen molar-refractivity contribution in [1.29, 1.82) is 0 Å². The zero-order valence-corrected chi connectivity index (χ0v) is 16.1. The van der Waals surface area contributed by atoms with Gasteiger partial charge in [0.05, 0.1) is 32.5 Å². The Balaban J connectivity index is 1.69. The van der Waals surface area contributed by atoms with Crippen LogP contribution in [0.5, 0.6) is 11.5 Å². The molecular formula is C21H24FN3O3. The minimum absolute atomic E-state index is 0.117. The van der Waals surface area contributed by atoms with Gasteiger partial charge in [0.25, 0.3) is 0 Å². The van der Waals surface area contributed by atoms with Crippen LogP contribution in [0.4, 0.5) is 10.1 Å². The number of benzene rings is 2. The van der Waals surface area contributed by atoms with Crippen molar-refractivity contribution >= 4 is 17.8 Å². The number of hydrogen-bond donors (Lipinski definition) is 1. The van der Waals surface area contributed by atoms with E-state index in [0.717, 1.165) is 37.4 Å². The van der Waals surface area contributed by atoms with Crippen molar-refractivity contribution in [3.8, 4) is 11.5 Å². The Labute approximate surface area is 163 Å². The van der Waals surface area contributed by atoms with Gasteiger partial charge in [0.1, 0.15) is 17.3 Å². The fraction of sp³-hybridized carbons (Fsp3) is 0.333. The molecule has 0 radical (unpaired) electrons. The summed E-state index contributed by atoms with van der Waals surface area (Å²) in [5.74, 6) is 0.768. The number of methoxy groups -OCH3 is 2. The topological polar surface area (TPSA) is 63.2 Å². The summed E-state index contributed by atoms with van der Waals surface area (Å²) >= 11 is 0. The highest BCUT2D eigenvalue weighted by molar-refractivity contribution is 5.88. The molecule has 1 aliphatic heterocycles. The Morgan fingerprint density at radius 1 is 1.14 bits per heavy atom. The number of rotatable bonds is 7. The number of hydrazone groups is 1. The lowest BCUT2D eigenvalue weighted by Crippen LogP contribution is -2.20. The van der Waals surface area contributed by atoms with E-state index in [9.17, 15) is 9.18 Å². The predicted octanol–water partition coefficient (Wildman–Crippen LogP) is 3.14. The number of hydrogen-bond acceptors (Lipinski definition) is 5. The molecule has 1 saturated heterocycles. The second kappa shape index (κ2) is 9.21. The standard InChI is InChI=1S/C21H24FN3O3/c1-27-19-13-18(25-9-3-4-10-25)20(28-2)12-16(19)14-23-24-21(26)11-15-5-7-17(22)8-6-15/h5-8,12-14H,3-4,9-11H2,1-2H3,(H,24,26)/b23-14+. The lowest BCUT2D eigenvalue weighted by molar-refractivity contribution is -0.120. The molecule has 0 unspecified atom stereocenters. The molecule has 0 aliphatic carbocycles. The van der Waals surface area contributed by atoms with Crippen molar-refractivity contribution in [2.75, 3.05) is 32.2 Å². The summed E-state index contributed by atoms with van der Waals surface area (Å²) in [4.78, 5) is 14.3. The number of anilines is 1. The molecule has 0 atom stereocenters. The lowest BCUT2D eigenvalue weighted by atomic mass is 10.1. The Hall–Kier alpha value is -3.09. The zero-order chi connectivity index (χ0) is 19.9. The average molecular weight is 385 g/mol. The minimum Gasteiger partial charge on any atom is -0.496 e. The van der Waals surface area contributed by atoms with Gasteiger partial charge in [-0.05, 0) is 36.6 Å². The van der Waals surface area contributed by atoms with E-state index in [1.54, 1.807) is 26.4 Å². The normalized spacial score (nSPS) is 13.8. The maximum atomic E-state index is 12.9. The number of ether oxygens (including phenoxy) is 2. The van der Waals surface area contributed by atoms with Crippen LogP contribution in [0.25, 0.3) is 0 Å². The number of carbonyl (C=O) groups excluding carboxylic acids is 1. The van der Waals surface area contributed by atoms with Gasteiger partial charge in [-0.1, -0.05) is 12.1 Å². The van der Waals surface area contributed by atoms with Crippen LogP contribution in [-0.2, 0) is 11.2 Å². The number of nitrogens with one attached hydrogen (secondary N) is 1. The lowest BCUT2D eigenvalue weighted by Gasteiger charge is -2.22. The van der Waals surface area contributed by atoms with E-state index in [-0.39, 0.29) is 18.1 Å². The van der Waals surface area contributed by atoms with E-state index >= 15 is 0 Å². The Morgan fingerprint density at radius 3 is 2.46 bits per heavy atom. The van der Waals surface area contributed by atoms with Crippen molar-refractivity contribution in [1.82, 2.24) is 5.43 Å². The second-order valence-corrected chi connectivity index (χ2v) is 6.56. The third kappa shape index (κ3) is 4.79. The van der Waals surface area contributed by atoms with Crippen LogP contribution in [0.15, 0.2) is 41.5 Å². The SMILES string of the molecule is COc1cc(N2CCCC2)c(OC)cc1/C=N/NC(=O)Cc1ccc(F)cc1. The van der Waals surface area contributed by atoms with Gasteiger partial charge in [0, 0.05) is 24.7 Å². The van der Waals surface area contributed by atoms with Crippen molar-refractivity contribution in [2.45, 2.75) is 19.3 Å². The fourth-order valence-electron chi connectivity index (χ4n) is 3.21. The molecule has 0 saturated carbocycles. The Bertz CT molecular complexity index is 847. The molecule has 148 valence electrons. The van der Waals surface area contributed by atoms with Crippen LogP contribution in [0.1, 0.15) is 24.0 Å². The highest BCUT2D eigenvalue weighted by atomic mass is 19.1. The molecular weight excluding hydrogens is 361 g/mol. The van der Waals surface area contributed by atoms with Gasteiger partial charge in [0.15, 0.2) is 0 Å². The number of amides is 1. The highest BCUT2D eigenvalue weighted by Crippen LogP contribution is 2.36. The molecule has 7 heteroatoms. The average Bonchev–Trinajstić information content (AvgIpc) is 3.24. The molecule has 1 heterocycles. The van der Waals surface area contributed by atoms with E-state index in [0.29, 0.717) is 16.9 Å². The molecule has 1 amide bonds. The molecule has 1 aliphatic rings. The van der Waals surface area contributed by atoms with Crippen LogP contribution in [0, 0.1) is 5.82 Å². The summed E-state index contributed by atoms with van der Waals surface area (Å²) in [6.45, 7) is 1.98. The fourth-order valence-corrected chi connectivity index (χ4v) is 3.21. The summed E-state index contributed by atoms with van der Waals surface area (Å²) in [7, 11) is 3.23. The van der Waals surface area contributed by atoms with Gasteiger partial charge in [-0.15, -0.1) is 0 Å². The summed E-state index contributed by atoms with van der Waals surface area (Å²) in [5, 5.41) is 4.02. The van der Waals surface area contributed by atoms with Gasteiger partial charge in [-0.25, -0.2) is 9.82 Å². The van der Waals surface area contributed by atoms with Crippen molar-refractivity contribution < 1.29 is 18.7 Å². The Kier molecular flexibility index (Phi) is 6.47. The maximum absolute atomic E-state index is 12.9. The molecule has 28 heavy (non-hydrogen) atoms. The van der Waals surface area contributed by atoms with Crippen molar-refractivity contribution in [3.05, 3.63) is 53.3 Å². The quantitative estimate of drug-likeness (QED) is 0.588. The molecule has 0 bridgehead atoms. The van der Waals surface area contributed by atoms with Gasteiger partial charge in [0.2, 0.25) is 5.91 Å². The van der Waals surface area contributed by atoms with Gasteiger partial charge in [-0.2, -0.15) is 5.10 Å². The first-order valence-corrected chi connectivity index (χ1v) is 9.18. The summed E-state index contributed by atoms with van der Waals surface area (Å²) in [6.07, 6.45) is 3.97. The van der Waals surface area contributed by atoms with E-state index in [4.69, 9.17) is 9.47 Å². The molecule has 1 N–H and O–H groups in total. The van der Waals surface area contributed by atoms with Crippen LogP contribution in [0.3, 0.4) is 0 Å². The minimum atomic E-state index is -0.333. The van der Waals surface area contributed by atoms with Crippen molar-refractivity contribution in [3.63, 3.8) is 0 Å². The number of nitrogens with zero attached hydrogens (tertiary/aromatic N) is 2. The second-order valence-electron chi connectivity index (χ2n) is 6.56. The summed E-state index contributed by atoms with van der Waals surface area (Å²) in [5.41, 5.74) is 4.89. The number of carbonyl (C=O) groups is 1. The first kappa shape index (κ1) is 19.7. The largest absolute Gasteiger partial charge is 0.496 e. The van der Waals surface area contributed by atoms with Crippen molar-refractivity contribution in [2.24, 2.45) is 5.10 Å². The van der Waals surface area contributed by atoms with E-state index in [1.165, 1.54) is 18.3 Å². The Morgan fingerprint density at radius 2 is 1.82 bits per heavy atom. The van der Waals surface area contributed by atoms with Crippen LogP contribution >= 0.6 is 0 Å². The zero-order valence-electron chi connectivity index (χ0n) is 16.1. The van der Waals surface area contributed by atoms with Gasteiger partial charge < -0.3 is 14.4 Å². The van der Waals surface area contributed by atoms with Crippen LogP contribution < -0.4 is 19.8 Å². The number of halogens is 1. The predicted molar refractivity (Wildman–Crippen MR) is 107 cm³/mol. The summed E-state index contributed by atoms with van der Waals surface area (Å²) in [6, 6.07) is 9.58. The molecule has 2 aromatic carbocycles. The molecule has 0 spiro atoms. The van der Waals surface area contributed by atoms with Gasteiger partial charge >= 0.3 is 0 Å². The van der Waals surface area contributed by atoms with Crippen LogP contribution in [-0.4, -0.2) is 39.4 Å². The third-order valence-electron chi connectivity index (χ3n) is 4.65. The highest BCUT2D eigenvalue weighted by Gasteiger charge is 2.19. The maximum Gasteiger partial charge on any atom is 0.244 e.